The van der Waals surface area contributed by atoms with Crippen LogP contribution < -0.4 is 11.1 Å². The van der Waals surface area contributed by atoms with Crippen LogP contribution in [0.3, 0.4) is 0 Å². The third-order valence-electron chi connectivity index (χ3n) is 4.30. The molecular weight excluding hydrogens is 264 g/mol. The Morgan fingerprint density at radius 1 is 1.24 bits per heavy atom. The van der Waals surface area contributed by atoms with Gasteiger partial charge in [0.1, 0.15) is 0 Å². The van der Waals surface area contributed by atoms with Gasteiger partial charge < -0.3 is 16.2 Å². The first kappa shape index (κ1) is 16.0. The van der Waals surface area contributed by atoms with Crippen LogP contribution in [0, 0.1) is 0 Å². The van der Waals surface area contributed by atoms with Gasteiger partial charge in [0.15, 0.2) is 0 Å². The van der Waals surface area contributed by atoms with Crippen LogP contribution in [0.1, 0.15) is 44.1 Å². The van der Waals surface area contributed by atoms with Crippen LogP contribution in [-0.2, 0) is 11.2 Å². The van der Waals surface area contributed by atoms with Crippen molar-refractivity contribution in [1.29, 1.82) is 0 Å². The molecule has 2 rings (SSSR count). The van der Waals surface area contributed by atoms with Crippen LogP contribution in [0.2, 0.25) is 0 Å². The molecule has 21 heavy (non-hydrogen) atoms. The molecule has 0 heterocycles. The molecule has 0 aliphatic heterocycles. The predicted octanol–water partition coefficient (Wildman–Crippen LogP) is 1.76. The lowest BCUT2D eigenvalue weighted by molar-refractivity contribution is -0.124. The Kier molecular flexibility index (Phi) is 5.76. The fourth-order valence-electron chi connectivity index (χ4n) is 2.87. The first-order chi connectivity index (χ1) is 10.1. The van der Waals surface area contributed by atoms with Crippen molar-refractivity contribution in [1.82, 2.24) is 5.32 Å². The van der Waals surface area contributed by atoms with Crippen molar-refractivity contribution in [3.8, 4) is 0 Å². The second kappa shape index (κ2) is 7.57. The van der Waals surface area contributed by atoms with Crippen LogP contribution >= 0.6 is 0 Å². The number of hydrogen-bond donors (Lipinski definition) is 3. The lowest BCUT2D eigenvalue weighted by atomic mass is 9.85. The second-order valence-corrected chi connectivity index (χ2v) is 6.13. The molecule has 1 aromatic rings. The molecule has 0 saturated heterocycles. The van der Waals surface area contributed by atoms with Crippen molar-refractivity contribution in [2.75, 3.05) is 6.54 Å². The maximum atomic E-state index is 12.0. The van der Waals surface area contributed by atoms with E-state index in [1.807, 2.05) is 30.3 Å². The van der Waals surface area contributed by atoms with E-state index in [1.165, 1.54) is 12.0 Å². The van der Waals surface area contributed by atoms with Gasteiger partial charge in [-0.3, -0.25) is 4.79 Å². The molecule has 0 unspecified atom stereocenters. The van der Waals surface area contributed by atoms with Gasteiger partial charge in [0.25, 0.3) is 0 Å². The smallest absolute Gasteiger partial charge is 0.237 e. The van der Waals surface area contributed by atoms with Gasteiger partial charge in [0, 0.05) is 6.54 Å². The molecular formula is C17H26N2O2. The molecule has 1 aromatic carbocycles. The summed E-state index contributed by atoms with van der Waals surface area (Å²) < 4.78 is 0. The standard InChI is InChI=1S/C17H26N2O2/c18-15(10-9-14-7-3-1-4-8-14)16(20)19-13-17(21)11-5-2-6-12-17/h1,3-4,7-8,15,21H,2,5-6,9-13,18H2,(H,19,20)/t15-/m0/s1. The molecule has 1 aliphatic rings. The van der Waals surface area contributed by atoms with E-state index in [4.69, 9.17) is 5.73 Å². The number of benzene rings is 1. The van der Waals surface area contributed by atoms with Crippen LogP contribution in [0.15, 0.2) is 30.3 Å². The number of nitrogens with two attached hydrogens (primary N) is 1. The molecule has 0 spiro atoms. The normalized spacial score (nSPS) is 19.0. The van der Waals surface area contributed by atoms with Gasteiger partial charge >= 0.3 is 0 Å². The van der Waals surface area contributed by atoms with Gasteiger partial charge in [0.05, 0.1) is 11.6 Å². The summed E-state index contributed by atoms with van der Waals surface area (Å²) in [6.45, 7) is 0.324. The number of rotatable bonds is 6. The molecule has 1 fully saturated rings. The van der Waals surface area contributed by atoms with E-state index < -0.39 is 11.6 Å². The Balaban J connectivity index is 1.72. The highest BCUT2D eigenvalue weighted by molar-refractivity contribution is 5.81. The van der Waals surface area contributed by atoms with Gasteiger partial charge in [0.2, 0.25) is 5.91 Å². The average Bonchev–Trinajstić information content (AvgIpc) is 2.52. The summed E-state index contributed by atoms with van der Waals surface area (Å²) in [4.78, 5) is 12.0. The number of aryl methyl sites for hydroxylation is 1. The van der Waals surface area contributed by atoms with Crippen LogP contribution in [-0.4, -0.2) is 29.2 Å². The average molecular weight is 290 g/mol. The second-order valence-electron chi connectivity index (χ2n) is 6.13. The minimum absolute atomic E-state index is 0.162. The Bertz CT molecular complexity index is 441. The summed E-state index contributed by atoms with van der Waals surface area (Å²) in [5, 5.41) is 13.2. The summed E-state index contributed by atoms with van der Waals surface area (Å²) in [5.41, 5.74) is 6.39. The van der Waals surface area contributed by atoms with Gasteiger partial charge in [-0.15, -0.1) is 0 Å². The Morgan fingerprint density at radius 2 is 1.90 bits per heavy atom. The van der Waals surface area contributed by atoms with E-state index in [-0.39, 0.29) is 5.91 Å². The van der Waals surface area contributed by atoms with E-state index in [0.29, 0.717) is 13.0 Å². The van der Waals surface area contributed by atoms with E-state index in [2.05, 4.69) is 5.32 Å². The lowest BCUT2D eigenvalue weighted by Crippen LogP contribution is -2.49. The van der Waals surface area contributed by atoms with E-state index in [0.717, 1.165) is 32.1 Å². The third kappa shape index (κ3) is 5.14. The zero-order chi connectivity index (χ0) is 15.1. The fraction of sp³-hybridized carbons (Fsp3) is 0.588. The lowest BCUT2D eigenvalue weighted by Gasteiger charge is -2.32. The topological polar surface area (TPSA) is 75.4 Å². The van der Waals surface area contributed by atoms with Crippen molar-refractivity contribution in [2.24, 2.45) is 5.73 Å². The summed E-state index contributed by atoms with van der Waals surface area (Å²) in [6, 6.07) is 9.50. The van der Waals surface area contributed by atoms with E-state index in [1.54, 1.807) is 0 Å². The zero-order valence-corrected chi connectivity index (χ0v) is 12.6. The maximum absolute atomic E-state index is 12.0. The highest BCUT2D eigenvalue weighted by Gasteiger charge is 2.30. The highest BCUT2D eigenvalue weighted by atomic mass is 16.3. The molecule has 116 valence electrons. The summed E-state index contributed by atoms with van der Waals surface area (Å²) in [5.74, 6) is -0.162. The van der Waals surface area contributed by atoms with Crippen molar-refractivity contribution in [3.63, 3.8) is 0 Å². The minimum Gasteiger partial charge on any atom is -0.388 e. The molecule has 4 N–H and O–H groups in total. The fourth-order valence-corrected chi connectivity index (χ4v) is 2.87. The number of aliphatic hydroxyl groups is 1. The van der Waals surface area contributed by atoms with E-state index in [9.17, 15) is 9.90 Å². The van der Waals surface area contributed by atoms with Crippen molar-refractivity contribution in [3.05, 3.63) is 35.9 Å². The largest absolute Gasteiger partial charge is 0.388 e. The summed E-state index contributed by atoms with van der Waals surface area (Å²) >= 11 is 0. The zero-order valence-electron chi connectivity index (χ0n) is 12.6. The number of carbonyl (C=O) groups is 1. The Morgan fingerprint density at radius 3 is 2.57 bits per heavy atom. The van der Waals surface area contributed by atoms with Crippen molar-refractivity contribution >= 4 is 5.91 Å². The molecule has 1 aliphatic carbocycles. The molecule has 0 aromatic heterocycles. The van der Waals surface area contributed by atoms with Crippen LogP contribution in [0.4, 0.5) is 0 Å². The summed E-state index contributed by atoms with van der Waals surface area (Å²) in [6.07, 6.45) is 6.19. The first-order valence-corrected chi connectivity index (χ1v) is 7.89. The highest BCUT2D eigenvalue weighted by Crippen LogP contribution is 2.27. The Labute approximate surface area is 126 Å². The Hall–Kier alpha value is -1.39. The number of carbonyl (C=O) groups excluding carboxylic acids is 1. The molecule has 1 atom stereocenters. The number of nitrogens with one attached hydrogen (secondary N) is 1. The first-order valence-electron chi connectivity index (χ1n) is 7.89. The molecule has 0 radical (unpaired) electrons. The quantitative estimate of drug-likeness (QED) is 0.747. The van der Waals surface area contributed by atoms with Crippen LogP contribution in [0.5, 0.6) is 0 Å². The number of amides is 1. The molecule has 1 amide bonds. The minimum atomic E-state index is -0.729. The molecule has 4 heteroatoms. The third-order valence-corrected chi connectivity index (χ3v) is 4.30. The van der Waals surface area contributed by atoms with Gasteiger partial charge in [-0.1, -0.05) is 49.6 Å². The monoisotopic (exact) mass is 290 g/mol. The van der Waals surface area contributed by atoms with E-state index >= 15 is 0 Å². The molecule has 0 bridgehead atoms. The number of hydrogen-bond acceptors (Lipinski definition) is 3. The molecule has 4 nitrogen and oxygen atoms in total. The maximum Gasteiger partial charge on any atom is 0.237 e. The molecule has 1 saturated carbocycles. The SMILES string of the molecule is N[C@@H](CCc1ccccc1)C(=O)NCC1(O)CCCCC1. The van der Waals surface area contributed by atoms with Gasteiger partial charge in [-0.05, 0) is 31.2 Å². The summed E-state index contributed by atoms with van der Waals surface area (Å²) in [7, 11) is 0. The van der Waals surface area contributed by atoms with Crippen molar-refractivity contribution in [2.45, 2.75) is 56.6 Å². The van der Waals surface area contributed by atoms with Crippen molar-refractivity contribution < 1.29 is 9.90 Å². The predicted molar refractivity (Wildman–Crippen MR) is 83.8 cm³/mol. The van der Waals surface area contributed by atoms with Gasteiger partial charge in [-0.25, -0.2) is 0 Å². The van der Waals surface area contributed by atoms with Crippen LogP contribution in [0.25, 0.3) is 0 Å². The van der Waals surface area contributed by atoms with Gasteiger partial charge in [-0.2, -0.15) is 0 Å².